The topological polar surface area (TPSA) is 83.1 Å². The van der Waals surface area contributed by atoms with Crippen molar-refractivity contribution in [2.45, 2.75) is 4.90 Å². The van der Waals surface area contributed by atoms with Crippen LogP contribution < -0.4 is 0 Å². The molecule has 0 amide bonds. The zero-order valence-electron chi connectivity index (χ0n) is 10.7. The lowest BCUT2D eigenvalue weighted by Crippen LogP contribution is -1.96. The zero-order valence-corrected chi connectivity index (χ0v) is 11.5. The number of benzene rings is 2. The van der Waals surface area contributed by atoms with Gasteiger partial charge in [-0.2, -0.15) is 0 Å². The molecule has 0 saturated heterocycles. The van der Waals surface area contributed by atoms with E-state index in [1.54, 1.807) is 36.4 Å². The summed E-state index contributed by atoms with van der Waals surface area (Å²) in [5.74, 6) is 0.624. The number of H-pyrrole nitrogens is 1. The van der Waals surface area contributed by atoms with E-state index in [0.717, 1.165) is 6.26 Å². The Bertz CT molecular complexity index is 898. The maximum Gasteiger partial charge on any atom is 0.175 e. The first kappa shape index (κ1) is 12.7. The zero-order chi connectivity index (χ0) is 14.3. The van der Waals surface area contributed by atoms with Crippen molar-refractivity contribution >= 4 is 20.9 Å². The first-order valence-electron chi connectivity index (χ1n) is 5.93. The van der Waals surface area contributed by atoms with Gasteiger partial charge in [0.05, 0.1) is 21.5 Å². The van der Waals surface area contributed by atoms with Gasteiger partial charge in [0.15, 0.2) is 9.84 Å². The van der Waals surface area contributed by atoms with Crippen LogP contribution in [0.3, 0.4) is 0 Å². The van der Waals surface area contributed by atoms with Crippen LogP contribution in [-0.2, 0) is 9.84 Å². The fourth-order valence-corrected chi connectivity index (χ4v) is 2.67. The van der Waals surface area contributed by atoms with Crippen molar-refractivity contribution in [3.8, 4) is 17.1 Å². The number of aromatic nitrogens is 2. The number of phenols is 1. The number of fused-ring (bicyclic) bond motifs is 1. The van der Waals surface area contributed by atoms with E-state index >= 15 is 0 Å². The molecule has 0 bridgehead atoms. The Kier molecular flexibility index (Phi) is 2.76. The third-order valence-corrected chi connectivity index (χ3v) is 4.15. The first-order valence-corrected chi connectivity index (χ1v) is 7.82. The van der Waals surface area contributed by atoms with Gasteiger partial charge in [-0.15, -0.1) is 0 Å². The normalized spacial score (nSPS) is 11.8. The highest BCUT2D eigenvalue weighted by Crippen LogP contribution is 2.28. The van der Waals surface area contributed by atoms with Crippen LogP contribution in [0.2, 0.25) is 0 Å². The van der Waals surface area contributed by atoms with Gasteiger partial charge in [0.1, 0.15) is 11.6 Å². The Hall–Kier alpha value is -2.34. The lowest BCUT2D eigenvalue weighted by atomic mass is 10.2. The average Bonchev–Trinajstić information content (AvgIpc) is 2.80. The molecule has 0 aliphatic carbocycles. The van der Waals surface area contributed by atoms with Crippen molar-refractivity contribution in [2.75, 3.05) is 6.26 Å². The summed E-state index contributed by atoms with van der Waals surface area (Å²) in [6.45, 7) is 0. The smallest absolute Gasteiger partial charge is 0.175 e. The van der Waals surface area contributed by atoms with Crippen LogP contribution in [0.15, 0.2) is 47.4 Å². The number of imidazole rings is 1. The number of phenolic OH excluding ortho intramolecular Hbond substituents is 1. The van der Waals surface area contributed by atoms with Gasteiger partial charge in [-0.3, -0.25) is 0 Å². The predicted molar refractivity (Wildman–Crippen MR) is 76.3 cm³/mol. The highest BCUT2D eigenvalue weighted by atomic mass is 32.2. The predicted octanol–water partition coefficient (Wildman–Crippen LogP) is 2.34. The number of hydrogen-bond donors (Lipinski definition) is 2. The molecule has 1 heterocycles. The van der Waals surface area contributed by atoms with Crippen LogP contribution >= 0.6 is 0 Å². The Balaban J connectivity index is 2.19. The number of aromatic amines is 1. The molecule has 0 aliphatic heterocycles. The quantitative estimate of drug-likeness (QED) is 0.758. The number of hydrogen-bond acceptors (Lipinski definition) is 4. The Morgan fingerprint density at radius 1 is 1.15 bits per heavy atom. The highest BCUT2D eigenvalue weighted by molar-refractivity contribution is 7.90. The van der Waals surface area contributed by atoms with Gasteiger partial charge in [0.25, 0.3) is 0 Å². The van der Waals surface area contributed by atoms with Crippen LogP contribution in [0.5, 0.6) is 5.75 Å². The van der Waals surface area contributed by atoms with E-state index in [1.165, 1.54) is 6.07 Å². The van der Waals surface area contributed by atoms with Crippen molar-refractivity contribution < 1.29 is 13.5 Å². The summed E-state index contributed by atoms with van der Waals surface area (Å²) in [6.07, 6.45) is 1.16. The number of rotatable bonds is 2. The summed E-state index contributed by atoms with van der Waals surface area (Å²) < 4.78 is 23.1. The molecule has 0 radical (unpaired) electrons. The molecule has 0 atom stereocenters. The molecule has 0 saturated carbocycles. The standard InChI is InChI=1S/C14H12N2O3S/c1-20(18,19)9-6-7-11-12(8-9)16-14(15-11)10-4-2-3-5-13(10)17/h2-8,17H,1H3,(H,15,16). The second kappa shape index (κ2) is 4.35. The highest BCUT2D eigenvalue weighted by Gasteiger charge is 2.12. The minimum atomic E-state index is -3.25. The molecule has 0 unspecified atom stereocenters. The first-order chi connectivity index (χ1) is 9.45. The summed E-state index contributed by atoms with van der Waals surface area (Å²) in [5.41, 5.74) is 1.84. The summed E-state index contributed by atoms with van der Waals surface area (Å²) in [4.78, 5) is 7.62. The second-order valence-corrected chi connectivity index (χ2v) is 6.57. The van der Waals surface area contributed by atoms with Gasteiger partial charge in [-0.1, -0.05) is 12.1 Å². The lowest BCUT2D eigenvalue weighted by Gasteiger charge is -1.98. The number of sulfone groups is 1. The van der Waals surface area contributed by atoms with Gasteiger partial charge in [-0.05, 0) is 30.3 Å². The Morgan fingerprint density at radius 2 is 1.90 bits per heavy atom. The number of nitrogens with zero attached hydrogens (tertiary/aromatic N) is 1. The molecule has 2 aromatic carbocycles. The summed E-state index contributed by atoms with van der Waals surface area (Å²) >= 11 is 0. The van der Waals surface area contributed by atoms with Crippen molar-refractivity contribution in [3.05, 3.63) is 42.5 Å². The van der Waals surface area contributed by atoms with E-state index < -0.39 is 9.84 Å². The van der Waals surface area contributed by atoms with Crippen LogP contribution in [0, 0.1) is 0 Å². The Labute approximate surface area is 115 Å². The molecule has 0 aliphatic rings. The largest absolute Gasteiger partial charge is 0.507 e. The fraction of sp³-hybridized carbons (Fsp3) is 0.0714. The molecule has 6 heteroatoms. The second-order valence-electron chi connectivity index (χ2n) is 4.55. The van der Waals surface area contributed by atoms with E-state index in [2.05, 4.69) is 9.97 Å². The minimum absolute atomic E-state index is 0.120. The van der Waals surface area contributed by atoms with Crippen molar-refractivity contribution in [3.63, 3.8) is 0 Å². The molecular weight excluding hydrogens is 276 g/mol. The van der Waals surface area contributed by atoms with Crippen LogP contribution in [0.4, 0.5) is 0 Å². The van der Waals surface area contributed by atoms with E-state index in [4.69, 9.17) is 0 Å². The maximum absolute atomic E-state index is 11.5. The molecule has 3 rings (SSSR count). The van der Waals surface area contributed by atoms with E-state index in [9.17, 15) is 13.5 Å². The maximum atomic E-state index is 11.5. The van der Waals surface area contributed by atoms with Crippen molar-refractivity contribution in [2.24, 2.45) is 0 Å². The van der Waals surface area contributed by atoms with Gasteiger partial charge in [0.2, 0.25) is 0 Å². The van der Waals surface area contributed by atoms with Gasteiger partial charge in [-0.25, -0.2) is 13.4 Å². The van der Waals surface area contributed by atoms with E-state index in [-0.39, 0.29) is 10.6 Å². The third-order valence-electron chi connectivity index (χ3n) is 3.04. The number of para-hydroxylation sites is 1. The number of nitrogens with one attached hydrogen (secondary N) is 1. The SMILES string of the molecule is CS(=O)(=O)c1ccc2nc(-c3ccccc3O)[nH]c2c1. The van der Waals surface area contributed by atoms with Gasteiger partial charge < -0.3 is 10.1 Å². The minimum Gasteiger partial charge on any atom is -0.507 e. The Morgan fingerprint density at radius 3 is 2.60 bits per heavy atom. The number of aromatic hydroxyl groups is 1. The molecule has 0 spiro atoms. The molecule has 2 N–H and O–H groups in total. The van der Waals surface area contributed by atoms with Crippen molar-refractivity contribution in [1.82, 2.24) is 9.97 Å². The van der Waals surface area contributed by atoms with Gasteiger partial charge >= 0.3 is 0 Å². The molecule has 20 heavy (non-hydrogen) atoms. The van der Waals surface area contributed by atoms with Gasteiger partial charge in [0, 0.05) is 6.26 Å². The molecule has 102 valence electrons. The lowest BCUT2D eigenvalue weighted by molar-refractivity contribution is 0.477. The monoisotopic (exact) mass is 288 g/mol. The van der Waals surface area contributed by atoms with Crippen molar-refractivity contribution in [1.29, 1.82) is 0 Å². The molecule has 1 aromatic heterocycles. The molecular formula is C14H12N2O3S. The van der Waals surface area contributed by atoms with E-state index in [0.29, 0.717) is 22.4 Å². The summed E-state index contributed by atoms with van der Waals surface area (Å²) in [7, 11) is -3.25. The fourth-order valence-electron chi connectivity index (χ4n) is 2.02. The van der Waals surface area contributed by atoms with Crippen LogP contribution in [0.1, 0.15) is 0 Å². The van der Waals surface area contributed by atoms with E-state index in [1.807, 2.05) is 0 Å². The van der Waals surface area contributed by atoms with Crippen LogP contribution in [0.25, 0.3) is 22.4 Å². The average molecular weight is 288 g/mol. The molecule has 3 aromatic rings. The molecule has 5 nitrogen and oxygen atoms in total. The summed E-state index contributed by atoms with van der Waals surface area (Å²) in [5, 5.41) is 9.82. The van der Waals surface area contributed by atoms with Crippen LogP contribution in [-0.4, -0.2) is 29.7 Å². The molecule has 0 fully saturated rings. The third kappa shape index (κ3) is 2.14. The summed E-state index contributed by atoms with van der Waals surface area (Å²) in [6, 6.07) is 11.5.